The van der Waals surface area contributed by atoms with Crippen molar-refractivity contribution < 1.29 is 14.0 Å². The van der Waals surface area contributed by atoms with E-state index in [1.807, 2.05) is 30.3 Å². The number of likely N-dealkylation sites (N-methyl/N-ethyl adjacent to an activating group) is 1. The van der Waals surface area contributed by atoms with Crippen molar-refractivity contribution in [3.8, 4) is 0 Å². The molecule has 3 N–H and O–H groups in total. The average Bonchev–Trinajstić information content (AvgIpc) is 3.04. The van der Waals surface area contributed by atoms with E-state index in [2.05, 4.69) is 15.7 Å². The Morgan fingerprint density at radius 3 is 2.76 bits per heavy atom. The van der Waals surface area contributed by atoms with Gasteiger partial charge in [-0.3, -0.25) is 14.3 Å². The van der Waals surface area contributed by atoms with Gasteiger partial charge in [-0.2, -0.15) is 5.10 Å². The highest BCUT2D eigenvalue weighted by Crippen LogP contribution is 2.19. The lowest BCUT2D eigenvalue weighted by atomic mass is 10.1. The fourth-order valence-corrected chi connectivity index (χ4v) is 3.30. The maximum Gasteiger partial charge on any atom is 0.275 e. The Morgan fingerprint density at radius 1 is 1.38 bits per heavy atom. The van der Waals surface area contributed by atoms with E-state index in [-0.39, 0.29) is 11.6 Å². The second kappa shape index (κ2) is 8.68. The Balaban J connectivity index is 1.73. The summed E-state index contributed by atoms with van der Waals surface area (Å²) in [6.45, 7) is 0.328. The highest BCUT2D eigenvalue weighted by molar-refractivity contribution is 5.98. The van der Waals surface area contributed by atoms with Crippen LogP contribution >= 0.6 is 0 Å². The molecule has 0 bridgehead atoms. The van der Waals surface area contributed by atoms with E-state index >= 15 is 0 Å². The first-order chi connectivity index (χ1) is 13.9. The van der Waals surface area contributed by atoms with Gasteiger partial charge in [-0.25, -0.2) is 4.39 Å². The van der Waals surface area contributed by atoms with Crippen LogP contribution in [0.3, 0.4) is 0 Å². The van der Waals surface area contributed by atoms with Gasteiger partial charge in [0.2, 0.25) is 5.91 Å². The van der Waals surface area contributed by atoms with Gasteiger partial charge >= 0.3 is 0 Å². The summed E-state index contributed by atoms with van der Waals surface area (Å²) in [7, 11) is 3.25. The largest absolute Gasteiger partial charge is 0.390 e. The molecule has 3 rings (SSSR count). The van der Waals surface area contributed by atoms with Gasteiger partial charge in [0.25, 0.3) is 5.91 Å². The number of carbonyl (C=O) groups excluding carboxylic acids is 2. The van der Waals surface area contributed by atoms with Gasteiger partial charge < -0.3 is 20.9 Å². The number of amides is 2. The summed E-state index contributed by atoms with van der Waals surface area (Å²) >= 11 is 0. The summed E-state index contributed by atoms with van der Waals surface area (Å²) in [5, 5.41) is 17.2. The zero-order chi connectivity index (χ0) is 21.0. The van der Waals surface area contributed by atoms with Gasteiger partial charge in [0, 0.05) is 26.0 Å². The standard InChI is InChI=1S/C20H23FN6O2/c1-23-15-8-9-16(20(29)26(2)17(15)10-22)24-19(28)18-14(21)12-27(25-18)11-13-6-4-3-5-7-13/h3-7,10,12,16,22-23H,8-9,11H2,1-2H3,(H,24,28)/t16-/m1/s1. The Kier molecular flexibility index (Phi) is 6.06. The SMILES string of the molecule is CNC1=C(C=N)N(C)C(=O)[C@H](NC(=O)c2nn(Cc3ccccc3)cc2F)CC1. The van der Waals surface area contributed by atoms with Crippen LogP contribution in [0.2, 0.25) is 0 Å². The summed E-state index contributed by atoms with van der Waals surface area (Å²) in [5.41, 5.74) is 1.74. The van der Waals surface area contributed by atoms with Crippen molar-refractivity contribution in [1.82, 2.24) is 25.3 Å². The van der Waals surface area contributed by atoms with Crippen LogP contribution in [0.4, 0.5) is 4.39 Å². The molecule has 1 aliphatic rings. The summed E-state index contributed by atoms with van der Waals surface area (Å²) in [6.07, 6.45) is 3.05. The predicted molar refractivity (Wildman–Crippen MR) is 106 cm³/mol. The Hall–Kier alpha value is -3.49. The Morgan fingerprint density at radius 2 is 2.10 bits per heavy atom. The van der Waals surface area contributed by atoms with Crippen LogP contribution in [0.15, 0.2) is 47.9 Å². The lowest BCUT2D eigenvalue weighted by Gasteiger charge is -2.22. The van der Waals surface area contributed by atoms with Gasteiger partial charge in [-0.15, -0.1) is 0 Å². The zero-order valence-electron chi connectivity index (χ0n) is 16.3. The summed E-state index contributed by atoms with van der Waals surface area (Å²) < 4.78 is 15.7. The maximum absolute atomic E-state index is 14.3. The molecule has 1 aromatic heterocycles. The number of hydrogen-bond donors (Lipinski definition) is 3. The van der Waals surface area contributed by atoms with Crippen molar-refractivity contribution in [2.45, 2.75) is 25.4 Å². The van der Waals surface area contributed by atoms with Crippen molar-refractivity contribution in [2.24, 2.45) is 0 Å². The number of nitrogens with zero attached hydrogens (tertiary/aromatic N) is 3. The van der Waals surface area contributed by atoms with Crippen LogP contribution in [0, 0.1) is 11.2 Å². The molecular weight excluding hydrogens is 375 g/mol. The summed E-state index contributed by atoms with van der Waals surface area (Å²) in [4.78, 5) is 26.6. The molecule has 0 fully saturated rings. The number of nitrogens with one attached hydrogen (secondary N) is 3. The monoisotopic (exact) mass is 398 g/mol. The molecule has 0 aliphatic carbocycles. The van der Waals surface area contributed by atoms with Crippen molar-refractivity contribution in [3.63, 3.8) is 0 Å². The first-order valence-electron chi connectivity index (χ1n) is 9.21. The molecule has 0 saturated heterocycles. The molecule has 2 aromatic rings. The van der Waals surface area contributed by atoms with Crippen LogP contribution < -0.4 is 10.6 Å². The van der Waals surface area contributed by atoms with Gasteiger partial charge in [0.15, 0.2) is 11.5 Å². The van der Waals surface area contributed by atoms with Gasteiger partial charge in [-0.1, -0.05) is 30.3 Å². The fraction of sp³-hybridized carbons (Fsp3) is 0.300. The molecule has 1 aromatic carbocycles. The lowest BCUT2D eigenvalue weighted by molar-refractivity contribution is -0.129. The number of carbonyl (C=O) groups is 2. The van der Waals surface area contributed by atoms with Crippen LogP contribution in [-0.2, 0) is 11.3 Å². The zero-order valence-corrected chi connectivity index (χ0v) is 16.3. The van der Waals surface area contributed by atoms with E-state index in [1.54, 1.807) is 14.1 Å². The molecule has 2 heterocycles. The second-order valence-electron chi connectivity index (χ2n) is 6.73. The molecule has 1 atom stereocenters. The molecule has 9 heteroatoms. The van der Waals surface area contributed by atoms with Gasteiger partial charge in [-0.05, 0) is 18.4 Å². The smallest absolute Gasteiger partial charge is 0.275 e. The van der Waals surface area contributed by atoms with E-state index in [9.17, 15) is 14.0 Å². The maximum atomic E-state index is 14.3. The van der Waals surface area contributed by atoms with Crippen molar-refractivity contribution in [1.29, 1.82) is 5.41 Å². The number of hydrogen-bond acceptors (Lipinski definition) is 5. The predicted octanol–water partition coefficient (Wildman–Crippen LogP) is 1.50. The van der Waals surface area contributed by atoms with E-state index in [4.69, 9.17) is 5.41 Å². The molecule has 0 spiro atoms. The Labute approximate surface area is 167 Å². The van der Waals surface area contributed by atoms with E-state index in [0.29, 0.717) is 25.1 Å². The summed E-state index contributed by atoms with van der Waals surface area (Å²) in [5.74, 6) is -1.86. The molecule has 152 valence electrons. The van der Waals surface area contributed by atoms with Crippen LogP contribution in [0.5, 0.6) is 0 Å². The molecule has 8 nitrogen and oxygen atoms in total. The van der Waals surface area contributed by atoms with Crippen molar-refractivity contribution in [3.05, 3.63) is 65.0 Å². The molecule has 29 heavy (non-hydrogen) atoms. The average molecular weight is 398 g/mol. The molecule has 1 aliphatic heterocycles. The number of aromatic nitrogens is 2. The number of benzene rings is 1. The number of allylic oxidation sites excluding steroid dienone is 2. The van der Waals surface area contributed by atoms with E-state index in [1.165, 1.54) is 9.58 Å². The quantitative estimate of drug-likeness (QED) is 0.642. The third-order valence-electron chi connectivity index (χ3n) is 4.85. The minimum absolute atomic E-state index is 0.328. The van der Waals surface area contributed by atoms with E-state index in [0.717, 1.165) is 23.7 Å². The third-order valence-corrected chi connectivity index (χ3v) is 4.85. The van der Waals surface area contributed by atoms with E-state index < -0.39 is 17.8 Å². The molecule has 0 saturated carbocycles. The number of halogens is 1. The summed E-state index contributed by atoms with van der Waals surface area (Å²) in [6, 6.07) is 8.54. The first kappa shape index (κ1) is 20.2. The molecule has 0 radical (unpaired) electrons. The minimum atomic E-state index is -0.841. The first-order valence-corrected chi connectivity index (χ1v) is 9.21. The highest BCUT2D eigenvalue weighted by atomic mass is 19.1. The fourth-order valence-electron chi connectivity index (χ4n) is 3.30. The Bertz CT molecular complexity index is 953. The van der Waals surface area contributed by atoms with Crippen molar-refractivity contribution in [2.75, 3.05) is 14.1 Å². The molecule has 2 amide bonds. The molecular formula is C20H23FN6O2. The van der Waals surface area contributed by atoms with Crippen LogP contribution in [0.1, 0.15) is 28.9 Å². The van der Waals surface area contributed by atoms with Gasteiger partial charge in [0.1, 0.15) is 6.04 Å². The highest BCUT2D eigenvalue weighted by Gasteiger charge is 2.31. The lowest BCUT2D eigenvalue weighted by Crippen LogP contribution is -2.46. The third kappa shape index (κ3) is 4.34. The number of rotatable bonds is 6. The minimum Gasteiger partial charge on any atom is -0.390 e. The molecule has 0 unspecified atom stereocenters. The van der Waals surface area contributed by atoms with Crippen molar-refractivity contribution >= 4 is 18.0 Å². The van der Waals surface area contributed by atoms with Crippen LogP contribution in [0.25, 0.3) is 0 Å². The van der Waals surface area contributed by atoms with Gasteiger partial charge in [0.05, 0.1) is 18.4 Å². The topological polar surface area (TPSA) is 103 Å². The second-order valence-corrected chi connectivity index (χ2v) is 6.73. The normalized spacial score (nSPS) is 17.1. The van der Waals surface area contributed by atoms with Crippen LogP contribution in [-0.4, -0.2) is 52.8 Å².